The predicted octanol–water partition coefficient (Wildman–Crippen LogP) is 3.33. The van der Waals surface area contributed by atoms with E-state index in [0.29, 0.717) is 0 Å². The molecule has 0 aliphatic carbocycles. The molecule has 1 heterocycles. The summed E-state index contributed by atoms with van der Waals surface area (Å²) in [5, 5.41) is 11.3. The first-order valence-electron chi connectivity index (χ1n) is 6.74. The van der Waals surface area contributed by atoms with E-state index in [-0.39, 0.29) is 55.6 Å². The lowest BCUT2D eigenvalue weighted by Gasteiger charge is -2.17. The zero-order valence-corrected chi connectivity index (χ0v) is 17.3. The van der Waals surface area contributed by atoms with Crippen LogP contribution in [0.15, 0.2) is 20.2 Å². The second-order valence-electron chi connectivity index (χ2n) is 4.87. The molecule has 1 aromatic rings. The number of hydrogen-bond acceptors (Lipinski definition) is 5. The standard InChI is InChI=1S/C14H11Br2Cl2FN2O4/c1-25-14(24)5-4-21(2-3-22)13(23)11(5)20-12-6(15)8(17)10(19)9(18)7(12)16/h20,22H,2-4H2,1H3. The number of rotatable bonds is 5. The fourth-order valence-electron chi connectivity index (χ4n) is 2.19. The molecule has 0 bridgehead atoms. The van der Waals surface area contributed by atoms with E-state index in [2.05, 4.69) is 37.2 Å². The summed E-state index contributed by atoms with van der Waals surface area (Å²) in [7, 11) is 1.18. The molecule has 1 amide bonds. The molecule has 0 atom stereocenters. The average molecular weight is 521 g/mol. The van der Waals surface area contributed by atoms with Gasteiger partial charge in [-0.1, -0.05) is 23.2 Å². The second kappa shape index (κ2) is 8.22. The highest BCUT2D eigenvalue weighted by Gasteiger charge is 2.35. The lowest BCUT2D eigenvalue weighted by molar-refractivity contribution is -0.136. The number of benzene rings is 1. The molecule has 6 nitrogen and oxygen atoms in total. The van der Waals surface area contributed by atoms with Gasteiger partial charge in [0, 0.05) is 6.54 Å². The van der Waals surface area contributed by atoms with E-state index in [1.54, 1.807) is 0 Å². The molecule has 2 N–H and O–H groups in total. The number of esters is 1. The zero-order valence-electron chi connectivity index (χ0n) is 12.6. The van der Waals surface area contributed by atoms with Crippen LogP contribution < -0.4 is 5.32 Å². The van der Waals surface area contributed by atoms with E-state index in [4.69, 9.17) is 33.0 Å². The molecule has 1 aliphatic heterocycles. The maximum Gasteiger partial charge on any atom is 0.337 e. The van der Waals surface area contributed by atoms with Crippen molar-refractivity contribution in [3.8, 4) is 0 Å². The average Bonchev–Trinajstić information content (AvgIpc) is 2.91. The van der Waals surface area contributed by atoms with Crippen LogP contribution in [-0.4, -0.2) is 48.7 Å². The Hall–Kier alpha value is -0.870. The van der Waals surface area contributed by atoms with Crippen LogP contribution in [0.25, 0.3) is 0 Å². The number of hydrogen-bond donors (Lipinski definition) is 2. The Bertz CT molecular complexity index is 760. The smallest absolute Gasteiger partial charge is 0.337 e. The third kappa shape index (κ3) is 3.80. The summed E-state index contributed by atoms with van der Waals surface area (Å²) >= 11 is 18.0. The molecular formula is C14H11Br2Cl2FN2O4. The van der Waals surface area contributed by atoms with Crippen LogP contribution in [0, 0.1) is 5.82 Å². The molecule has 0 saturated heterocycles. The minimum Gasteiger partial charge on any atom is -0.466 e. The fourth-order valence-corrected chi connectivity index (χ4v) is 3.82. The summed E-state index contributed by atoms with van der Waals surface area (Å²) in [5.74, 6) is -2.07. The number of nitrogens with zero attached hydrogens (tertiary/aromatic N) is 1. The van der Waals surface area contributed by atoms with Gasteiger partial charge in [0.05, 0.1) is 50.5 Å². The maximum atomic E-state index is 13.9. The topological polar surface area (TPSA) is 78.9 Å². The highest BCUT2D eigenvalue weighted by atomic mass is 79.9. The molecule has 0 saturated carbocycles. The first-order chi connectivity index (χ1) is 11.7. The number of aliphatic hydroxyl groups is 1. The largest absolute Gasteiger partial charge is 0.466 e. The lowest BCUT2D eigenvalue weighted by atomic mass is 10.2. The van der Waals surface area contributed by atoms with Crippen molar-refractivity contribution in [3.63, 3.8) is 0 Å². The van der Waals surface area contributed by atoms with Crippen molar-refractivity contribution in [2.24, 2.45) is 0 Å². The van der Waals surface area contributed by atoms with Crippen molar-refractivity contribution in [2.75, 3.05) is 32.1 Å². The number of methoxy groups -OCH3 is 1. The van der Waals surface area contributed by atoms with E-state index in [9.17, 15) is 14.0 Å². The SMILES string of the molecule is COC(=O)C1=C(Nc2c(Br)c(Cl)c(F)c(Cl)c2Br)C(=O)N(CCO)C1. The van der Waals surface area contributed by atoms with Crippen LogP contribution in [0.4, 0.5) is 10.1 Å². The Labute approximate surface area is 169 Å². The molecule has 1 aromatic carbocycles. The number of β-amino-alcohol motifs (C(OH)–C–C–N with tert-alkyl or cyclic N) is 1. The number of nitrogens with one attached hydrogen (secondary N) is 1. The highest BCUT2D eigenvalue weighted by Crippen LogP contribution is 2.44. The number of ether oxygens (including phenoxy) is 1. The van der Waals surface area contributed by atoms with Crippen molar-refractivity contribution in [1.82, 2.24) is 4.90 Å². The minimum absolute atomic E-state index is 0.0354. The Morgan fingerprint density at radius 3 is 2.40 bits per heavy atom. The van der Waals surface area contributed by atoms with Crippen LogP contribution >= 0.6 is 55.1 Å². The molecule has 0 spiro atoms. The van der Waals surface area contributed by atoms with Gasteiger partial charge in [0.2, 0.25) is 0 Å². The summed E-state index contributed by atoms with van der Waals surface area (Å²) in [6, 6.07) is 0. The molecule has 2 rings (SSSR count). The number of carbonyl (C=O) groups excluding carboxylic acids is 2. The Morgan fingerprint density at radius 2 is 1.92 bits per heavy atom. The van der Waals surface area contributed by atoms with Gasteiger partial charge in [-0.05, 0) is 31.9 Å². The molecule has 25 heavy (non-hydrogen) atoms. The predicted molar refractivity (Wildman–Crippen MR) is 98.2 cm³/mol. The summed E-state index contributed by atoms with van der Waals surface area (Å²) in [4.78, 5) is 25.7. The Morgan fingerprint density at radius 1 is 1.36 bits per heavy atom. The molecule has 11 heteroatoms. The molecule has 0 fully saturated rings. The van der Waals surface area contributed by atoms with Gasteiger partial charge in [0.25, 0.3) is 5.91 Å². The number of aliphatic hydroxyl groups excluding tert-OH is 1. The summed E-state index contributed by atoms with van der Waals surface area (Å²) < 4.78 is 18.8. The van der Waals surface area contributed by atoms with Gasteiger partial charge in [-0.15, -0.1) is 0 Å². The number of carbonyl (C=O) groups is 2. The zero-order chi connectivity index (χ0) is 18.9. The first kappa shape index (κ1) is 20.4. The third-order valence-electron chi connectivity index (χ3n) is 3.41. The molecule has 1 aliphatic rings. The van der Waals surface area contributed by atoms with Gasteiger partial charge in [-0.3, -0.25) is 4.79 Å². The molecule has 0 radical (unpaired) electrons. The number of anilines is 1. The maximum absolute atomic E-state index is 13.9. The second-order valence-corrected chi connectivity index (χ2v) is 7.21. The van der Waals surface area contributed by atoms with Gasteiger partial charge in [-0.2, -0.15) is 0 Å². The van der Waals surface area contributed by atoms with Crippen molar-refractivity contribution < 1.29 is 23.8 Å². The molecule has 136 valence electrons. The third-order valence-corrected chi connectivity index (χ3v) is 6.17. The fraction of sp³-hybridized carbons (Fsp3) is 0.286. The van der Waals surface area contributed by atoms with Crippen LogP contribution in [-0.2, 0) is 14.3 Å². The number of halogens is 5. The molecule has 0 aromatic heterocycles. The van der Waals surface area contributed by atoms with E-state index < -0.39 is 17.7 Å². The van der Waals surface area contributed by atoms with Crippen LogP contribution in [0.2, 0.25) is 10.0 Å². The monoisotopic (exact) mass is 518 g/mol. The van der Waals surface area contributed by atoms with E-state index >= 15 is 0 Å². The van der Waals surface area contributed by atoms with Gasteiger partial charge in [0.15, 0.2) is 5.82 Å². The Balaban J connectivity index is 2.53. The van der Waals surface area contributed by atoms with Crippen molar-refractivity contribution in [1.29, 1.82) is 0 Å². The lowest BCUT2D eigenvalue weighted by Crippen LogP contribution is -2.31. The van der Waals surface area contributed by atoms with Gasteiger partial charge in [0.1, 0.15) is 5.70 Å². The quantitative estimate of drug-likeness (QED) is 0.354. The van der Waals surface area contributed by atoms with Gasteiger partial charge >= 0.3 is 5.97 Å². The van der Waals surface area contributed by atoms with Gasteiger partial charge < -0.3 is 20.1 Å². The highest BCUT2D eigenvalue weighted by molar-refractivity contribution is 9.11. The van der Waals surface area contributed by atoms with Crippen molar-refractivity contribution in [3.05, 3.63) is 36.1 Å². The van der Waals surface area contributed by atoms with Crippen LogP contribution in [0.1, 0.15) is 0 Å². The Kier molecular flexibility index (Phi) is 6.72. The van der Waals surface area contributed by atoms with E-state index in [1.807, 2.05) is 0 Å². The first-order valence-corrected chi connectivity index (χ1v) is 9.08. The molecule has 0 unspecified atom stereocenters. The van der Waals surface area contributed by atoms with E-state index in [0.717, 1.165) is 0 Å². The van der Waals surface area contributed by atoms with Gasteiger partial charge in [-0.25, -0.2) is 9.18 Å². The van der Waals surface area contributed by atoms with Crippen LogP contribution in [0.5, 0.6) is 0 Å². The normalized spacial score (nSPS) is 14.4. The van der Waals surface area contributed by atoms with Crippen LogP contribution in [0.3, 0.4) is 0 Å². The van der Waals surface area contributed by atoms with Crippen molar-refractivity contribution in [2.45, 2.75) is 0 Å². The minimum atomic E-state index is -0.838. The molecular weight excluding hydrogens is 510 g/mol. The van der Waals surface area contributed by atoms with E-state index in [1.165, 1.54) is 12.0 Å². The number of amides is 1. The summed E-state index contributed by atoms with van der Waals surface area (Å²) in [6.07, 6.45) is 0. The summed E-state index contributed by atoms with van der Waals surface area (Å²) in [6.45, 7) is -0.265. The van der Waals surface area contributed by atoms with Crippen molar-refractivity contribution >= 4 is 72.6 Å². The summed E-state index contributed by atoms with van der Waals surface area (Å²) in [5.41, 5.74) is 0.170.